The van der Waals surface area contributed by atoms with Gasteiger partial charge in [-0.15, -0.1) is 0 Å². The van der Waals surface area contributed by atoms with Crippen molar-refractivity contribution in [2.24, 2.45) is 5.73 Å². The third kappa shape index (κ3) is 4.86. The van der Waals surface area contributed by atoms with Crippen LogP contribution in [-0.2, 0) is 0 Å². The highest BCUT2D eigenvalue weighted by atomic mass is 16.4. The van der Waals surface area contributed by atoms with Crippen LogP contribution in [-0.4, -0.2) is 37.4 Å². The smallest absolute Gasteiger partial charge is 0.335 e. The topological polar surface area (TPSA) is 158 Å². The summed E-state index contributed by atoms with van der Waals surface area (Å²) < 4.78 is 11.7. The van der Waals surface area contributed by atoms with Crippen LogP contribution >= 0.6 is 0 Å². The van der Waals surface area contributed by atoms with Crippen molar-refractivity contribution in [2.45, 2.75) is 0 Å². The Bertz CT molecular complexity index is 2140. The van der Waals surface area contributed by atoms with E-state index in [9.17, 15) is 9.59 Å². The molecule has 0 saturated carbocycles. The highest BCUT2D eigenvalue weighted by Gasteiger charge is 2.14. The van der Waals surface area contributed by atoms with E-state index in [1.165, 1.54) is 6.07 Å². The van der Waals surface area contributed by atoms with Crippen molar-refractivity contribution < 1.29 is 23.5 Å². The molecule has 0 unspecified atom stereocenters. The van der Waals surface area contributed by atoms with Crippen LogP contribution in [0.5, 0.6) is 0 Å². The number of para-hydroxylation sites is 2. The summed E-state index contributed by atoms with van der Waals surface area (Å²) in [5.41, 5.74) is 10.4. The lowest BCUT2D eigenvalue weighted by Crippen LogP contribution is -2.10. The molecule has 0 aliphatic heterocycles. The second kappa shape index (κ2) is 10.8. The monoisotopic (exact) mass is 579 g/mol. The third-order valence-corrected chi connectivity index (χ3v) is 7.19. The van der Waals surface area contributed by atoms with Gasteiger partial charge in [-0.2, -0.15) is 20.4 Å². The van der Waals surface area contributed by atoms with Crippen molar-refractivity contribution in [2.75, 3.05) is 0 Å². The number of hydrogen-bond acceptors (Lipinski definition) is 8. The SMILES string of the molecule is NC(=O)c1ccc2nncc(-c3cc4ccccc4o3)c2c1.O=C(O)c1ccc2nncc(-c3cc4ccccc4o3)c2c1. The zero-order valence-electron chi connectivity index (χ0n) is 22.8. The van der Waals surface area contributed by atoms with Gasteiger partial charge >= 0.3 is 5.97 Å². The number of fused-ring (bicyclic) bond motifs is 4. The molecule has 0 spiro atoms. The number of nitrogens with two attached hydrogens (primary N) is 1. The molecule has 4 heterocycles. The van der Waals surface area contributed by atoms with Gasteiger partial charge in [0.15, 0.2) is 0 Å². The molecule has 0 radical (unpaired) electrons. The predicted molar refractivity (Wildman–Crippen MR) is 165 cm³/mol. The van der Waals surface area contributed by atoms with Crippen LogP contribution in [0.25, 0.3) is 66.4 Å². The molecule has 0 aliphatic rings. The molecule has 10 heteroatoms. The Morgan fingerprint density at radius 2 is 1.09 bits per heavy atom. The second-order valence-corrected chi connectivity index (χ2v) is 9.95. The van der Waals surface area contributed by atoms with E-state index in [2.05, 4.69) is 20.4 Å². The van der Waals surface area contributed by atoms with Crippen molar-refractivity contribution in [3.05, 3.63) is 121 Å². The minimum atomic E-state index is -0.978. The summed E-state index contributed by atoms with van der Waals surface area (Å²) >= 11 is 0. The van der Waals surface area contributed by atoms with E-state index < -0.39 is 11.9 Å². The van der Waals surface area contributed by atoms with Crippen LogP contribution in [0.3, 0.4) is 0 Å². The van der Waals surface area contributed by atoms with Crippen LogP contribution in [0.15, 0.2) is 118 Å². The van der Waals surface area contributed by atoms with Crippen LogP contribution in [0.2, 0.25) is 0 Å². The molecule has 3 N–H and O–H groups in total. The molecule has 0 bridgehead atoms. The molecule has 4 aromatic heterocycles. The van der Waals surface area contributed by atoms with E-state index >= 15 is 0 Å². The maximum absolute atomic E-state index is 11.4. The first-order chi connectivity index (χ1) is 21.4. The fourth-order valence-electron chi connectivity index (χ4n) is 5.02. The number of rotatable bonds is 4. The van der Waals surface area contributed by atoms with Crippen LogP contribution in [0.4, 0.5) is 0 Å². The summed E-state index contributed by atoms with van der Waals surface area (Å²) in [5.74, 6) is -0.130. The molecule has 0 atom stereocenters. The highest BCUT2D eigenvalue weighted by Crippen LogP contribution is 2.33. The number of carbonyl (C=O) groups excluding carboxylic acids is 1. The van der Waals surface area contributed by atoms with Gasteiger partial charge in [0, 0.05) is 38.2 Å². The summed E-state index contributed by atoms with van der Waals surface area (Å²) in [6, 6.07) is 29.2. The average molecular weight is 580 g/mol. The Morgan fingerprint density at radius 1 is 0.614 bits per heavy atom. The first kappa shape index (κ1) is 26.5. The van der Waals surface area contributed by atoms with Crippen molar-refractivity contribution in [1.29, 1.82) is 0 Å². The van der Waals surface area contributed by atoms with Crippen LogP contribution in [0.1, 0.15) is 20.7 Å². The quantitative estimate of drug-likeness (QED) is 0.226. The van der Waals surface area contributed by atoms with Gasteiger partial charge in [-0.3, -0.25) is 4.79 Å². The van der Waals surface area contributed by atoms with Crippen LogP contribution in [0, 0.1) is 0 Å². The number of primary amides is 1. The van der Waals surface area contributed by atoms with Crippen LogP contribution < -0.4 is 5.73 Å². The number of furan rings is 2. The number of aromatic carboxylic acids is 1. The molecule has 44 heavy (non-hydrogen) atoms. The second-order valence-electron chi connectivity index (χ2n) is 9.95. The maximum atomic E-state index is 11.4. The number of amides is 1. The van der Waals surface area contributed by atoms with E-state index in [1.54, 1.807) is 42.7 Å². The minimum Gasteiger partial charge on any atom is -0.478 e. The Balaban J connectivity index is 0.000000142. The molecule has 212 valence electrons. The van der Waals surface area contributed by atoms with E-state index in [1.807, 2.05) is 60.7 Å². The maximum Gasteiger partial charge on any atom is 0.335 e. The lowest BCUT2D eigenvalue weighted by atomic mass is 10.1. The van der Waals surface area contributed by atoms with Gasteiger partial charge in [-0.25, -0.2) is 4.79 Å². The summed E-state index contributed by atoms with van der Waals surface area (Å²) in [7, 11) is 0. The Labute approximate surface area is 248 Å². The van der Waals surface area contributed by atoms with Gasteiger partial charge in [0.2, 0.25) is 5.91 Å². The molecule has 1 amide bonds. The molecule has 4 aromatic carbocycles. The number of carboxylic acids is 1. The third-order valence-electron chi connectivity index (χ3n) is 7.19. The number of aromatic nitrogens is 4. The first-order valence-electron chi connectivity index (χ1n) is 13.5. The van der Waals surface area contributed by atoms with Gasteiger partial charge in [0.05, 0.1) is 29.0 Å². The van der Waals surface area contributed by atoms with Gasteiger partial charge in [-0.1, -0.05) is 36.4 Å². The fourth-order valence-corrected chi connectivity index (χ4v) is 5.02. The lowest BCUT2D eigenvalue weighted by Gasteiger charge is -2.03. The van der Waals surface area contributed by atoms with E-state index in [0.717, 1.165) is 38.5 Å². The predicted octanol–water partition coefficient (Wildman–Crippen LogP) is 6.88. The molecule has 8 rings (SSSR count). The number of carbonyl (C=O) groups is 2. The Kier molecular flexibility index (Phi) is 6.48. The molecule has 0 fully saturated rings. The van der Waals surface area contributed by atoms with Crippen molar-refractivity contribution in [3.63, 3.8) is 0 Å². The van der Waals surface area contributed by atoms with Gasteiger partial charge in [-0.05, 0) is 60.7 Å². The molecular formula is C34H21N5O5. The number of carboxylic acid groups (broad SMARTS) is 1. The largest absolute Gasteiger partial charge is 0.478 e. The fraction of sp³-hybridized carbons (Fsp3) is 0. The average Bonchev–Trinajstić information content (AvgIpc) is 3.68. The normalized spacial score (nSPS) is 11.1. The minimum absolute atomic E-state index is 0.206. The molecule has 10 nitrogen and oxygen atoms in total. The molecular weight excluding hydrogens is 558 g/mol. The van der Waals surface area contributed by atoms with Crippen molar-refractivity contribution in [3.8, 4) is 22.6 Å². The zero-order valence-corrected chi connectivity index (χ0v) is 22.8. The van der Waals surface area contributed by atoms with E-state index in [0.29, 0.717) is 33.5 Å². The first-order valence-corrected chi connectivity index (χ1v) is 13.5. The Morgan fingerprint density at radius 3 is 1.57 bits per heavy atom. The molecule has 0 saturated heterocycles. The van der Waals surface area contributed by atoms with Crippen molar-refractivity contribution in [1.82, 2.24) is 20.4 Å². The molecule has 8 aromatic rings. The van der Waals surface area contributed by atoms with E-state index in [-0.39, 0.29) is 5.56 Å². The van der Waals surface area contributed by atoms with E-state index in [4.69, 9.17) is 19.7 Å². The number of benzene rings is 4. The summed E-state index contributed by atoms with van der Waals surface area (Å²) in [4.78, 5) is 22.6. The van der Waals surface area contributed by atoms with Gasteiger partial charge < -0.3 is 19.7 Å². The van der Waals surface area contributed by atoms with Gasteiger partial charge in [0.25, 0.3) is 0 Å². The van der Waals surface area contributed by atoms with Gasteiger partial charge in [0.1, 0.15) is 22.7 Å². The number of nitrogens with zero attached hydrogens (tertiary/aromatic N) is 4. The number of hydrogen-bond donors (Lipinski definition) is 2. The Hall–Kier alpha value is -6.42. The standard InChI is InChI=1S/C17H11N3O2.C17H10N2O3/c18-17(21)11-5-6-14-12(7-11)13(9-19-20-14)16-8-10-3-1-2-4-15(10)22-16;20-17(21)11-5-6-14-12(7-11)13(9-18-19-14)16-8-10-3-1-2-4-15(10)22-16/h1-9H,(H2,18,21);1-9H,(H,20,21). The molecule has 0 aliphatic carbocycles. The summed E-state index contributed by atoms with van der Waals surface area (Å²) in [5, 5.41) is 28.7. The zero-order chi connectivity index (χ0) is 30.2. The summed E-state index contributed by atoms with van der Waals surface area (Å²) in [6.45, 7) is 0. The van der Waals surface area contributed by atoms with Crippen molar-refractivity contribution >= 4 is 55.6 Å². The lowest BCUT2D eigenvalue weighted by molar-refractivity contribution is 0.0696. The highest BCUT2D eigenvalue weighted by molar-refractivity contribution is 6.02. The summed E-state index contributed by atoms with van der Waals surface area (Å²) in [6.07, 6.45) is 3.22.